The predicted molar refractivity (Wildman–Crippen MR) is 163 cm³/mol. The van der Waals surface area contributed by atoms with E-state index in [0.29, 0.717) is 15.2 Å². The van der Waals surface area contributed by atoms with Gasteiger partial charge >= 0.3 is 0 Å². The first-order chi connectivity index (χ1) is 18.8. The van der Waals surface area contributed by atoms with E-state index in [-0.39, 0.29) is 0 Å². The summed E-state index contributed by atoms with van der Waals surface area (Å²) in [4.78, 5) is 0. The van der Waals surface area contributed by atoms with Crippen molar-refractivity contribution in [1.29, 1.82) is 0 Å². The van der Waals surface area contributed by atoms with Crippen molar-refractivity contribution in [1.82, 2.24) is 5.32 Å². The van der Waals surface area contributed by atoms with Gasteiger partial charge in [-0.15, -0.1) is 0 Å². The molecule has 38 heavy (non-hydrogen) atoms. The zero-order valence-corrected chi connectivity index (χ0v) is 22.9. The Morgan fingerprint density at radius 1 is 0.553 bits per heavy atom. The lowest BCUT2D eigenvalue weighted by Crippen LogP contribution is -2.17. The van der Waals surface area contributed by atoms with Crippen LogP contribution in [0.15, 0.2) is 127 Å². The number of rotatable bonds is 11. The van der Waals surface area contributed by atoms with Gasteiger partial charge in [0.15, 0.2) is 0 Å². The van der Waals surface area contributed by atoms with Crippen molar-refractivity contribution in [2.75, 3.05) is 7.05 Å². The van der Waals surface area contributed by atoms with Crippen LogP contribution in [0.1, 0.15) is 33.4 Å². The SMILES string of the molecule is CNCc1ccccc1Pc1cc(Cc2ccccc2)cc(Cc2ccccc2)c1OCc1ccccc1. The van der Waals surface area contributed by atoms with Gasteiger partial charge in [0.25, 0.3) is 0 Å². The summed E-state index contributed by atoms with van der Waals surface area (Å²) in [6.07, 6.45) is 1.74. The highest BCUT2D eigenvalue weighted by Gasteiger charge is 2.16. The van der Waals surface area contributed by atoms with Gasteiger partial charge in [0.1, 0.15) is 12.4 Å². The Kier molecular flexibility index (Phi) is 9.00. The highest BCUT2D eigenvalue weighted by Crippen LogP contribution is 2.30. The van der Waals surface area contributed by atoms with Crippen molar-refractivity contribution >= 4 is 19.2 Å². The molecule has 0 saturated heterocycles. The van der Waals surface area contributed by atoms with E-state index < -0.39 is 0 Å². The molecule has 5 aromatic rings. The smallest absolute Gasteiger partial charge is 0.131 e. The molecule has 0 bridgehead atoms. The Bertz CT molecular complexity index is 1440. The Morgan fingerprint density at radius 2 is 1.13 bits per heavy atom. The van der Waals surface area contributed by atoms with Crippen LogP contribution in [0.25, 0.3) is 0 Å². The van der Waals surface area contributed by atoms with E-state index in [9.17, 15) is 0 Å². The van der Waals surface area contributed by atoms with Gasteiger partial charge in [-0.25, -0.2) is 0 Å². The topological polar surface area (TPSA) is 21.3 Å². The zero-order chi connectivity index (χ0) is 26.0. The summed E-state index contributed by atoms with van der Waals surface area (Å²) in [5.41, 5.74) is 7.69. The van der Waals surface area contributed by atoms with Gasteiger partial charge in [-0.05, 0) is 58.2 Å². The predicted octanol–water partition coefficient (Wildman–Crippen LogP) is 6.80. The molecule has 0 amide bonds. The maximum absolute atomic E-state index is 6.70. The molecule has 0 radical (unpaired) electrons. The molecular weight excluding hydrogens is 481 g/mol. The van der Waals surface area contributed by atoms with Crippen LogP contribution in [0.2, 0.25) is 0 Å². The van der Waals surface area contributed by atoms with Crippen LogP contribution in [0.5, 0.6) is 5.75 Å². The lowest BCUT2D eigenvalue weighted by Gasteiger charge is -2.20. The van der Waals surface area contributed by atoms with Crippen LogP contribution in [-0.4, -0.2) is 7.05 Å². The van der Waals surface area contributed by atoms with Gasteiger partial charge in [0.2, 0.25) is 0 Å². The maximum Gasteiger partial charge on any atom is 0.131 e. The molecule has 3 heteroatoms. The van der Waals surface area contributed by atoms with E-state index in [4.69, 9.17) is 4.74 Å². The molecule has 0 aliphatic heterocycles. The molecule has 5 aromatic carbocycles. The van der Waals surface area contributed by atoms with Crippen molar-refractivity contribution in [2.24, 2.45) is 0 Å². The first-order valence-corrected chi connectivity index (χ1v) is 14.2. The third-order valence-electron chi connectivity index (χ3n) is 6.59. The summed E-state index contributed by atoms with van der Waals surface area (Å²) in [5.74, 6) is 1.02. The van der Waals surface area contributed by atoms with Crippen LogP contribution >= 0.6 is 8.58 Å². The molecule has 1 N–H and O–H groups in total. The largest absolute Gasteiger partial charge is 0.488 e. The molecule has 1 atom stereocenters. The summed E-state index contributed by atoms with van der Waals surface area (Å²) in [6, 6.07) is 45.4. The van der Waals surface area contributed by atoms with Crippen molar-refractivity contribution in [3.63, 3.8) is 0 Å². The molecule has 0 heterocycles. The van der Waals surface area contributed by atoms with Crippen LogP contribution < -0.4 is 20.7 Å². The minimum absolute atomic E-state index is 0.501. The summed E-state index contributed by atoms with van der Waals surface area (Å²) in [7, 11) is 2.51. The normalized spacial score (nSPS) is 11.2. The highest BCUT2D eigenvalue weighted by atomic mass is 31.1. The van der Waals surface area contributed by atoms with Gasteiger partial charge < -0.3 is 10.1 Å². The summed E-state index contributed by atoms with van der Waals surface area (Å²) in [5, 5.41) is 5.96. The molecule has 1 unspecified atom stereocenters. The Hall–Kier alpha value is -3.71. The quantitative estimate of drug-likeness (QED) is 0.196. The van der Waals surface area contributed by atoms with E-state index in [1.807, 2.05) is 13.1 Å². The lowest BCUT2D eigenvalue weighted by molar-refractivity contribution is 0.306. The first-order valence-electron chi connectivity index (χ1n) is 13.2. The third-order valence-corrected chi connectivity index (χ3v) is 7.99. The summed E-state index contributed by atoms with van der Waals surface area (Å²) >= 11 is 0. The molecule has 5 rings (SSSR count). The van der Waals surface area contributed by atoms with Crippen LogP contribution in [0.3, 0.4) is 0 Å². The van der Waals surface area contributed by atoms with Gasteiger partial charge in [-0.1, -0.05) is 130 Å². The second-order valence-electron chi connectivity index (χ2n) is 9.54. The minimum Gasteiger partial charge on any atom is -0.488 e. The van der Waals surface area contributed by atoms with Crippen LogP contribution in [-0.2, 0) is 26.0 Å². The average molecular weight is 516 g/mol. The molecule has 0 spiro atoms. The van der Waals surface area contributed by atoms with E-state index in [2.05, 4.69) is 127 Å². The maximum atomic E-state index is 6.70. The van der Waals surface area contributed by atoms with Gasteiger partial charge in [0.05, 0.1) is 0 Å². The minimum atomic E-state index is 0.501. The molecule has 2 nitrogen and oxygen atoms in total. The zero-order valence-electron chi connectivity index (χ0n) is 21.9. The molecule has 0 aliphatic rings. The van der Waals surface area contributed by atoms with Crippen molar-refractivity contribution in [3.8, 4) is 5.75 Å². The van der Waals surface area contributed by atoms with Gasteiger partial charge in [0, 0.05) is 18.3 Å². The van der Waals surface area contributed by atoms with Crippen molar-refractivity contribution in [2.45, 2.75) is 26.0 Å². The second-order valence-corrected chi connectivity index (χ2v) is 10.9. The first kappa shape index (κ1) is 25.9. The molecule has 0 saturated carbocycles. The lowest BCUT2D eigenvalue weighted by atomic mass is 9.98. The van der Waals surface area contributed by atoms with Gasteiger partial charge in [-0.3, -0.25) is 0 Å². The molecule has 190 valence electrons. The van der Waals surface area contributed by atoms with Crippen molar-refractivity contribution in [3.05, 3.63) is 161 Å². The van der Waals surface area contributed by atoms with E-state index in [1.54, 1.807) is 0 Å². The number of benzene rings is 5. The average Bonchev–Trinajstić information content (AvgIpc) is 2.95. The second kappa shape index (κ2) is 13.2. The number of ether oxygens (including phenoxy) is 1. The highest BCUT2D eigenvalue weighted by molar-refractivity contribution is 7.55. The van der Waals surface area contributed by atoms with E-state index in [0.717, 1.165) is 25.1 Å². The summed E-state index contributed by atoms with van der Waals surface area (Å²) < 4.78 is 6.70. The molecule has 0 aromatic heterocycles. The fourth-order valence-corrected chi connectivity index (χ4v) is 6.17. The number of hydrogen-bond acceptors (Lipinski definition) is 2. The van der Waals surface area contributed by atoms with Crippen LogP contribution in [0, 0.1) is 0 Å². The molecule has 0 fully saturated rings. The van der Waals surface area contributed by atoms with E-state index >= 15 is 0 Å². The standard InChI is InChI=1S/C35H34NOP/c1-36-25-31-19-11-12-20-33(31)38-34-24-30(21-27-13-5-2-6-14-27)23-32(22-28-15-7-3-8-16-28)35(34)37-26-29-17-9-4-10-18-29/h2-20,23-24,36,38H,21-22,25-26H2,1H3. The fourth-order valence-electron chi connectivity index (χ4n) is 4.76. The molecule has 0 aliphatic carbocycles. The monoisotopic (exact) mass is 515 g/mol. The fraction of sp³-hybridized carbons (Fsp3) is 0.143. The summed E-state index contributed by atoms with van der Waals surface area (Å²) in [6.45, 7) is 1.40. The Balaban J connectivity index is 1.59. The van der Waals surface area contributed by atoms with Gasteiger partial charge in [-0.2, -0.15) is 0 Å². The Morgan fingerprint density at radius 3 is 1.79 bits per heavy atom. The Labute approximate surface area is 228 Å². The van der Waals surface area contributed by atoms with Crippen molar-refractivity contribution < 1.29 is 4.74 Å². The van der Waals surface area contributed by atoms with E-state index in [1.165, 1.54) is 44.0 Å². The third kappa shape index (κ3) is 6.98. The molecular formula is C35H34NOP. The number of nitrogens with one attached hydrogen (secondary N) is 1. The van der Waals surface area contributed by atoms with Crippen LogP contribution in [0.4, 0.5) is 0 Å². The number of hydrogen-bond donors (Lipinski definition) is 1.